The Kier molecular flexibility index (Phi) is 27.8. The van der Waals surface area contributed by atoms with E-state index in [9.17, 15) is 14.4 Å². The molecule has 5 heteroatoms. The highest BCUT2D eigenvalue weighted by Gasteiger charge is 2.35. The normalized spacial score (nSPS) is 16.7. The highest BCUT2D eigenvalue weighted by Crippen LogP contribution is 2.34. The number of carbonyl (C=O) groups is 3. The van der Waals surface area contributed by atoms with Crippen LogP contribution in [-0.2, 0) is 23.9 Å². The second kappa shape index (κ2) is 27.4. The van der Waals surface area contributed by atoms with Gasteiger partial charge in [0.2, 0.25) is 0 Å². The molecule has 1 rings (SSSR count). The number of carbonyl (C=O) groups excluding carboxylic acids is 3. The van der Waals surface area contributed by atoms with E-state index in [1.807, 2.05) is 0 Å². The van der Waals surface area contributed by atoms with Gasteiger partial charge in [0.25, 0.3) is 0 Å². The molecular weight excluding hydrogens is 464 g/mol. The van der Waals surface area contributed by atoms with Crippen LogP contribution in [0.1, 0.15) is 150 Å². The van der Waals surface area contributed by atoms with Crippen molar-refractivity contribution in [2.24, 2.45) is 11.8 Å². The quantitative estimate of drug-likeness (QED) is 0.0902. The zero-order valence-electron chi connectivity index (χ0n) is 24.0. The van der Waals surface area contributed by atoms with Crippen LogP contribution >= 0.6 is 0 Å². The Labute approximate surface area is 229 Å². The van der Waals surface area contributed by atoms with E-state index in [2.05, 4.69) is 30.7 Å². The maximum absolute atomic E-state index is 11.7. The standard InChI is InChI=1S/C17H34O2.C14H22O3.CH4/c1-3-4-5-6-7-8-9-10-11-12-13-14-15-16-17(18)19-2;1-3-5-6-7-12-11(8-9-13(12)15)10-14(16)17-4-2;/h3-16H2,1-2H3;5-6,11-12H,3-4,7-10H2,1-2H3;1H4/b;6-5+;. The molecule has 0 aromatic carbocycles. The van der Waals surface area contributed by atoms with Crippen molar-refractivity contribution in [2.45, 2.75) is 150 Å². The van der Waals surface area contributed by atoms with Crippen LogP contribution in [0.3, 0.4) is 0 Å². The lowest BCUT2D eigenvalue weighted by Crippen LogP contribution is -2.18. The van der Waals surface area contributed by atoms with Crippen LogP contribution < -0.4 is 0 Å². The van der Waals surface area contributed by atoms with Crippen molar-refractivity contribution in [3.8, 4) is 0 Å². The minimum Gasteiger partial charge on any atom is -0.469 e. The zero-order chi connectivity index (χ0) is 26.9. The third kappa shape index (κ3) is 22.1. The van der Waals surface area contributed by atoms with Gasteiger partial charge in [-0.05, 0) is 38.5 Å². The molecule has 0 saturated heterocycles. The monoisotopic (exact) mass is 524 g/mol. The van der Waals surface area contributed by atoms with Gasteiger partial charge in [0.1, 0.15) is 5.78 Å². The van der Waals surface area contributed by atoms with Crippen molar-refractivity contribution >= 4 is 17.7 Å². The molecule has 0 aliphatic heterocycles. The first kappa shape index (κ1) is 37.5. The smallest absolute Gasteiger partial charge is 0.306 e. The van der Waals surface area contributed by atoms with E-state index < -0.39 is 0 Å². The molecule has 0 N–H and O–H groups in total. The van der Waals surface area contributed by atoms with E-state index in [0.717, 1.165) is 25.7 Å². The number of Topliss-reactive ketones (excluding diaryl/α,β-unsaturated/α-hetero) is 1. The summed E-state index contributed by atoms with van der Waals surface area (Å²) >= 11 is 0. The molecule has 0 radical (unpaired) electrons. The number of hydrogen-bond acceptors (Lipinski definition) is 5. The van der Waals surface area contributed by atoms with E-state index in [1.54, 1.807) is 6.92 Å². The molecular formula is C32H60O5. The molecule has 0 amide bonds. The highest BCUT2D eigenvalue weighted by molar-refractivity contribution is 5.84. The average Bonchev–Trinajstić information content (AvgIpc) is 3.21. The first-order valence-corrected chi connectivity index (χ1v) is 14.9. The predicted octanol–water partition coefficient (Wildman–Crippen LogP) is 9.17. The van der Waals surface area contributed by atoms with Crippen molar-refractivity contribution in [1.82, 2.24) is 0 Å². The fraction of sp³-hybridized carbons (Fsp3) is 0.844. The molecule has 37 heavy (non-hydrogen) atoms. The summed E-state index contributed by atoms with van der Waals surface area (Å²) in [7, 11) is 1.46. The van der Waals surface area contributed by atoms with Gasteiger partial charge in [0.05, 0.1) is 13.7 Å². The molecule has 0 aromatic heterocycles. The van der Waals surface area contributed by atoms with Crippen LogP contribution in [0, 0.1) is 11.8 Å². The molecule has 0 heterocycles. The summed E-state index contributed by atoms with van der Waals surface area (Å²) in [6, 6.07) is 0. The Bertz CT molecular complexity index is 584. The van der Waals surface area contributed by atoms with Crippen LogP contribution in [0.5, 0.6) is 0 Å². The van der Waals surface area contributed by atoms with Gasteiger partial charge in [0.15, 0.2) is 0 Å². The van der Waals surface area contributed by atoms with Crippen molar-refractivity contribution in [1.29, 1.82) is 0 Å². The van der Waals surface area contributed by atoms with Crippen molar-refractivity contribution < 1.29 is 23.9 Å². The van der Waals surface area contributed by atoms with Gasteiger partial charge in [-0.3, -0.25) is 14.4 Å². The molecule has 1 saturated carbocycles. The molecule has 1 aliphatic rings. The number of ether oxygens (including phenoxy) is 2. The van der Waals surface area contributed by atoms with Gasteiger partial charge in [-0.2, -0.15) is 0 Å². The van der Waals surface area contributed by atoms with Crippen LogP contribution in [-0.4, -0.2) is 31.4 Å². The van der Waals surface area contributed by atoms with Gasteiger partial charge >= 0.3 is 11.9 Å². The van der Waals surface area contributed by atoms with Gasteiger partial charge in [-0.15, -0.1) is 0 Å². The van der Waals surface area contributed by atoms with Crippen molar-refractivity contribution in [2.75, 3.05) is 13.7 Å². The van der Waals surface area contributed by atoms with Gasteiger partial charge in [-0.25, -0.2) is 0 Å². The van der Waals surface area contributed by atoms with Gasteiger partial charge < -0.3 is 9.47 Å². The minimum atomic E-state index is -0.170. The Morgan fingerprint density at radius 1 is 0.811 bits per heavy atom. The summed E-state index contributed by atoms with van der Waals surface area (Å²) in [4.78, 5) is 34.1. The van der Waals surface area contributed by atoms with Crippen molar-refractivity contribution in [3.05, 3.63) is 12.2 Å². The fourth-order valence-electron chi connectivity index (χ4n) is 4.78. The Hall–Kier alpha value is -1.65. The SMILES string of the molecule is C.CC/C=C/CC1C(=O)CCC1CC(=O)OCC.CCCCCCCCCCCCCCCC(=O)OC. The second-order valence-electron chi connectivity index (χ2n) is 10.1. The van der Waals surface area contributed by atoms with Crippen LogP contribution in [0.25, 0.3) is 0 Å². The lowest BCUT2D eigenvalue weighted by atomic mass is 9.89. The second-order valence-corrected chi connectivity index (χ2v) is 10.1. The molecule has 0 spiro atoms. The van der Waals surface area contributed by atoms with E-state index >= 15 is 0 Å². The minimum absolute atomic E-state index is 0. The Balaban J connectivity index is 0. The van der Waals surface area contributed by atoms with E-state index in [1.165, 1.54) is 84.2 Å². The number of ketones is 1. The molecule has 5 nitrogen and oxygen atoms in total. The lowest BCUT2D eigenvalue weighted by molar-refractivity contribution is -0.144. The van der Waals surface area contributed by atoms with Crippen LogP contribution in [0.2, 0.25) is 0 Å². The molecule has 2 atom stereocenters. The molecule has 2 unspecified atom stereocenters. The third-order valence-corrected chi connectivity index (χ3v) is 6.98. The molecule has 0 bridgehead atoms. The van der Waals surface area contributed by atoms with Crippen LogP contribution in [0.15, 0.2) is 12.2 Å². The summed E-state index contributed by atoms with van der Waals surface area (Å²) in [6.07, 6.45) is 25.7. The Morgan fingerprint density at radius 2 is 1.35 bits per heavy atom. The summed E-state index contributed by atoms with van der Waals surface area (Å²) in [6.45, 7) is 6.56. The van der Waals surface area contributed by atoms with Gasteiger partial charge in [-0.1, -0.05) is 110 Å². The van der Waals surface area contributed by atoms with Crippen LogP contribution in [0.4, 0.5) is 0 Å². The maximum Gasteiger partial charge on any atom is 0.306 e. The van der Waals surface area contributed by atoms with Gasteiger partial charge in [0, 0.05) is 25.2 Å². The zero-order valence-corrected chi connectivity index (χ0v) is 24.0. The topological polar surface area (TPSA) is 69.7 Å². The largest absolute Gasteiger partial charge is 0.469 e. The number of allylic oxidation sites excluding steroid dienone is 2. The number of rotatable bonds is 20. The maximum atomic E-state index is 11.7. The number of esters is 2. The van der Waals surface area contributed by atoms with Crippen molar-refractivity contribution in [3.63, 3.8) is 0 Å². The average molecular weight is 525 g/mol. The number of unbranched alkanes of at least 4 members (excludes halogenated alkanes) is 12. The summed E-state index contributed by atoms with van der Waals surface area (Å²) in [5.74, 6) is 0.282. The third-order valence-electron chi connectivity index (χ3n) is 6.98. The lowest BCUT2D eigenvalue weighted by Gasteiger charge is -2.15. The first-order chi connectivity index (χ1) is 17.5. The number of hydrogen-bond donors (Lipinski definition) is 0. The van der Waals surface area contributed by atoms with E-state index in [0.29, 0.717) is 31.7 Å². The molecule has 218 valence electrons. The summed E-state index contributed by atoms with van der Waals surface area (Å²) < 4.78 is 9.56. The number of methoxy groups -OCH3 is 1. The summed E-state index contributed by atoms with van der Waals surface area (Å²) in [5, 5.41) is 0. The van der Waals surface area contributed by atoms with E-state index in [4.69, 9.17) is 4.74 Å². The van der Waals surface area contributed by atoms with E-state index in [-0.39, 0.29) is 31.2 Å². The molecule has 1 aliphatic carbocycles. The summed E-state index contributed by atoms with van der Waals surface area (Å²) in [5.41, 5.74) is 0. The first-order valence-electron chi connectivity index (χ1n) is 14.9. The molecule has 0 aromatic rings. The Morgan fingerprint density at radius 3 is 1.84 bits per heavy atom. The molecule has 1 fully saturated rings. The highest BCUT2D eigenvalue weighted by atomic mass is 16.5. The fourth-order valence-corrected chi connectivity index (χ4v) is 4.78. The predicted molar refractivity (Wildman–Crippen MR) is 156 cm³/mol.